The number of hydrogen-bond acceptors (Lipinski definition) is 2. The minimum Gasteiger partial charge on any atom is -0.356 e. The smallest absolute Gasteiger partial charge is 0.191 e. The van der Waals surface area contributed by atoms with E-state index in [1.807, 2.05) is 6.07 Å². The highest BCUT2D eigenvalue weighted by atomic mass is 15.2. The maximum absolute atomic E-state index is 4.23. The van der Waals surface area contributed by atoms with E-state index in [-0.39, 0.29) is 0 Å². The Morgan fingerprint density at radius 3 is 2.84 bits per heavy atom. The summed E-state index contributed by atoms with van der Waals surface area (Å²) >= 11 is 0. The van der Waals surface area contributed by atoms with Crippen LogP contribution in [-0.2, 0) is 6.54 Å². The Bertz CT molecular complexity index is 345. The van der Waals surface area contributed by atoms with Crippen LogP contribution in [0.4, 0.5) is 0 Å². The van der Waals surface area contributed by atoms with E-state index >= 15 is 0 Å². The molecule has 1 rings (SSSR count). The second-order valence-corrected chi connectivity index (χ2v) is 4.81. The Hall–Kier alpha value is -1.52. The third-order valence-corrected chi connectivity index (χ3v) is 3.33. The maximum Gasteiger partial charge on any atom is 0.191 e. The quantitative estimate of drug-likeness (QED) is 0.499. The van der Waals surface area contributed by atoms with Crippen molar-refractivity contribution in [3.63, 3.8) is 0 Å². The molecule has 19 heavy (non-hydrogen) atoms. The van der Waals surface area contributed by atoms with Crippen molar-refractivity contribution in [2.24, 2.45) is 10.9 Å². The van der Waals surface area contributed by atoms with Gasteiger partial charge in [-0.2, -0.15) is 5.10 Å². The van der Waals surface area contributed by atoms with Crippen molar-refractivity contribution in [3.8, 4) is 0 Å². The molecular weight excluding hydrogens is 238 g/mol. The summed E-state index contributed by atoms with van der Waals surface area (Å²) in [6.45, 7) is 6.19. The summed E-state index contributed by atoms with van der Waals surface area (Å²) < 4.78 is 0. The molecule has 3 N–H and O–H groups in total. The zero-order valence-corrected chi connectivity index (χ0v) is 12.4. The zero-order valence-electron chi connectivity index (χ0n) is 12.4. The molecule has 1 heterocycles. The Morgan fingerprint density at radius 2 is 2.26 bits per heavy atom. The fourth-order valence-corrected chi connectivity index (χ4v) is 1.97. The molecule has 0 bridgehead atoms. The zero-order chi connectivity index (χ0) is 13.9. The van der Waals surface area contributed by atoms with E-state index < -0.39 is 0 Å². The molecule has 1 atom stereocenters. The number of nitrogens with zero attached hydrogens (tertiary/aromatic N) is 2. The molecule has 0 aromatic carbocycles. The predicted octanol–water partition coefficient (Wildman–Crippen LogP) is 2.29. The summed E-state index contributed by atoms with van der Waals surface area (Å²) in [5, 5.41) is 13.5. The van der Waals surface area contributed by atoms with Gasteiger partial charge in [0.25, 0.3) is 0 Å². The standard InChI is InChI=1S/C14H27N5/c1-4-6-7-12(5-2)10-16-14(15-3)17-11-13-8-9-18-19-13/h8-9,12H,4-7,10-11H2,1-3H3,(H,18,19)(H2,15,16,17). The molecule has 0 aliphatic carbocycles. The highest BCUT2D eigenvalue weighted by molar-refractivity contribution is 5.79. The second kappa shape index (κ2) is 9.42. The van der Waals surface area contributed by atoms with Crippen molar-refractivity contribution in [2.45, 2.75) is 46.1 Å². The third-order valence-electron chi connectivity index (χ3n) is 3.33. The van der Waals surface area contributed by atoms with Gasteiger partial charge in [0, 0.05) is 19.8 Å². The van der Waals surface area contributed by atoms with Gasteiger partial charge in [-0.05, 0) is 18.4 Å². The molecule has 0 saturated carbocycles. The summed E-state index contributed by atoms with van der Waals surface area (Å²) in [6.07, 6.45) is 6.83. The SMILES string of the molecule is CCCCC(CC)CNC(=NC)NCc1ccn[nH]1. The molecule has 1 unspecified atom stereocenters. The minimum absolute atomic E-state index is 0.714. The third kappa shape index (κ3) is 6.27. The van der Waals surface area contributed by atoms with Gasteiger partial charge in [0.1, 0.15) is 0 Å². The molecule has 0 aliphatic rings. The van der Waals surface area contributed by atoms with Gasteiger partial charge < -0.3 is 10.6 Å². The van der Waals surface area contributed by atoms with Gasteiger partial charge >= 0.3 is 0 Å². The van der Waals surface area contributed by atoms with E-state index in [9.17, 15) is 0 Å². The van der Waals surface area contributed by atoms with Crippen molar-refractivity contribution in [1.82, 2.24) is 20.8 Å². The van der Waals surface area contributed by atoms with Crippen molar-refractivity contribution < 1.29 is 0 Å². The number of guanidine groups is 1. The molecule has 1 aromatic heterocycles. The van der Waals surface area contributed by atoms with Crippen LogP contribution in [0.2, 0.25) is 0 Å². The normalized spacial score (nSPS) is 13.3. The van der Waals surface area contributed by atoms with Gasteiger partial charge in [-0.1, -0.05) is 33.1 Å². The maximum atomic E-state index is 4.23. The fraction of sp³-hybridized carbons (Fsp3) is 0.714. The van der Waals surface area contributed by atoms with Crippen LogP contribution in [-0.4, -0.2) is 29.7 Å². The molecule has 0 fully saturated rings. The molecule has 1 aromatic rings. The van der Waals surface area contributed by atoms with E-state index in [0.717, 1.165) is 24.1 Å². The largest absolute Gasteiger partial charge is 0.356 e. The summed E-state index contributed by atoms with van der Waals surface area (Å²) in [6, 6.07) is 1.95. The Kier molecular flexibility index (Phi) is 7.70. The van der Waals surface area contributed by atoms with Gasteiger partial charge in [0.05, 0.1) is 12.2 Å². The summed E-state index contributed by atoms with van der Waals surface area (Å²) in [5.74, 6) is 1.58. The number of aliphatic imine (C=N–C) groups is 1. The average molecular weight is 265 g/mol. The first kappa shape index (κ1) is 15.5. The molecule has 5 heteroatoms. The molecule has 0 amide bonds. The second-order valence-electron chi connectivity index (χ2n) is 4.81. The first-order chi connectivity index (χ1) is 9.30. The molecule has 5 nitrogen and oxygen atoms in total. The molecule has 0 saturated heterocycles. The number of H-pyrrole nitrogens is 1. The van der Waals surface area contributed by atoms with E-state index in [1.165, 1.54) is 25.7 Å². The first-order valence-electron chi connectivity index (χ1n) is 7.22. The lowest BCUT2D eigenvalue weighted by Crippen LogP contribution is -2.39. The lowest BCUT2D eigenvalue weighted by Gasteiger charge is -2.17. The van der Waals surface area contributed by atoms with E-state index in [4.69, 9.17) is 0 Å². The van der Waals surface area contributed by atoms with Crippen molar-refractivity contribution >= 4 is 5.96 Å². The Labute approximate surface area is 116 Å². The van der Waals surface area contributed by atoms with E-state index in [1.54, 1.807) is 13.2 Å². The average Bonchev–Trinajstić information content (AvgIpc) is 2.95. The number of unbranched alkanes of at least 4 members (excludes halogenated alkanes) is 1. The van der Waals surface area contributed by atoms with Gasteiger partial charge in [-0.25, -0.2) is 0 Å². The molecular formula is C14H27N5. The predicted molar refractivity (Wildman–Crippen MR) is 80.1 cm³/mol. The summed E-state index contributed by atoms with van der Waals surface area (Å²) in [4.78, 5) is 4.23. The van der Waals surface area contributed by atoms with Crippen LogP contribution in [0.1, 0.15) is 45.2 Å². The van der Waals surface area contributed by atoms with E-state index in [2.05, 4.69) is 39.7 Å². The number of nitrogens with one attached hydrogen (secondary N) is 3. The topological polar surface area (TPSA) is 65.1 Å². The van der Waals surface area contributed by atoms with Gasteiger partial charge in [0.15, 0.2) is 5.96 Å². The Balaban J connectivity index is 2.27. The van der Waals surface area contributed by atoms with Gasteiger partial charge in [-0.15, -0.1) is 0 Å². The number of aromatic amines is 1. The molecule has 0 radical (unpaired) electrons. The number of rotatable bonds is 8. The van der Waals surface area contributed by atoms with Crippen LogP contribution in [0, 0.1) is 5.92 Å². The molecule has 0 aliphatic heterocycles. The number of hydrogen-bond donors (Lipinski definition) is 3. The van der Waals surface area contributed by atoms with Gasteiger partial charge in [-0.3, -0.25) is 10.1 Å². The van der Waals surface area contributed by atoms with Crippen molar-refractivity contribution in [1.29, 1.82) is 0 Å². The fourth-order valence-electron chi connectivity index (χ4n) is 1.97. The summed E-state index contributed by atoms with van der Waals surface area (Å²) in [5.41, 5.74) is 1.06. The van der Waals surface area contributed by atoms with Crippen LogP contribution in [0.15, 0.2) is 17.3 Å². The Morgan fingerprint density at radius 1 is 1.42 bits per heavy atom. The highest BCUT2D eigenvalue weighted by Gasteiger charge is 2.07. The van der Waals surface area contributed by atoms with Crippen molar-refractivity contribution in [3.05, 3.63) is 18.0 Å². The van der Waals surface area contributed by atoms with E-state index in [0.29, 0.717) is 6.54 Å². The highest BCUT2D eigenvalue weighted by Crippen LogP contribution is 2.10. The van der Waals surface area contributed by atoms with Crippen LogP contribution in [0.25, 0.3) is 0 Å². The molecule has 0 spiro atoms. The monoisotopic (exact) mass is 265 g/mol. The van der Waals surface area contributed by atoms with Crippen LogP contribution in [0.5, 0.6) is 0 Å². The first-order valence-corrected chi connectivity index (χ1v) is 7.22. The lowest BCUT2D eigenvalue weighted by molar-refractivity contribution is 0.443. The molecule has 108 valence electrons. The lowest BCUT2D eigenvalue weighted by atomic mass is 9.99. The van der Waals surface area contributed by atoms with Crippen LogP contribution in [0.3, 0.4) is 0 Å². The van der Waals surface area contributed by atoms with Crippen LogP contribution < -0.4 is 10.6 Å². The van der Waals surface area contributed by atoms with Crippen LogP contribution >= 0.6 is 0 Å². The summed E-state index contributed by atoms with van der Waals surface area (Å²) in [7, 11) is 1.80. The minimum atomic E-state index is 0.714. The van der Waals surface area contributed by atoms with Gasteiger partial charge in [0.2, 0.25) is 0 Å². The van der Waals surface area contributed by atoms with Crippen molar-refractivity contribution in [2.75, 3.05) is 13.6 Å². The number of aromatic nitrogens is 2.